The maximum Gasteiger partial charge on any atom is 0.310 e. The lowest BCUT2D eigenvalue weighted by atomic mass is 9.98. The van der Waals surface area contributed by atoms with Gasteiger partial charge in [-0.25, -0.2) is 0 Å². The zero-order valence-electron chi connectivity index (χ0n) is 20.8. The predicted octanol–water partition coefficient (Wildman–Crippen LogP) is 4.92. The zero-order valence-corrected chi connectivity index (χ0v) is 21.7. The number of rotatable bonds is 11. The van der Waals surface area contributed by atoms with E-state index in [0.717, 1.165) is 54.6 Å². The summed E-state index contributed by atoms with van der Waals surface area (Å²) in [5.41, 5.74) is 2.24. The molecule has 0 radical (unpaired) electrons. The number of hydrogen-bond donors (Lipinski definition) is 0. The Kier molecular flexibility index (Phi) is 9.55. The van der Waals surface area contributed by atoms with Gasteiger partial charge in [0.25, 0.3) is 0 Å². The van der Waals surface area contributed by atoms with Crippen LogP contribution in [0.3, 0.4) is 0 Å². The first kappa shape index (κ1) is 25.9. The summed E-state index contributed by atoms with van der Waals surface area (Å²) in [5, 5.41) is 9.86. The van der Waals surface area contributed by atoms with Gasteiger partial charge in [0.2, 0.25) is 5.91 Å². The van der Waals surface area contributed by atoms with E-state index >= 15 is 0 Å². The van der Waals surface area contributed by atoms with Crippen LogP contribution in [0.25, 0.3) is 5.69 Å². The van der Waals surface area contributed by atoms with E-state index < -0.39 is 0 Å². The number of esters is 1. The van der Waals surface area contributed by atoms with Crippen LogP contribution in [-0.4, -0.2) is 57.0 Å². The molecule has 36 heavy (non-hydrogen) atoms. The first-order valence-electron chi connectivity index (χ1n) is 12.8. The second kappa shape index (κ2) is 13.3. The van der Waals surface area contributed by atoms with Crippen molar-refractivity contribution in [3.05, 3.63) is 72.1 Å². The second-order valence-electron chi connectivity index (χ2n) is 8.97. The fourth-order valence-electron chi connectivity index (χ4n) is 4.48. The van der Waals surface area contributed by atoms with Gasteiger partial charge in [-0.2, -0.15) is 0 Å². The monoisotopic (exact) mass is 506 g/mol. The first-order valence-corrected chi connectivity index (χ1v) is 13.7. The molecule has 7 nitrogen and oxygen atoms in total. The number of likely N-dealkylation sites (tertiary alicyclic amines) is 1. The van der Waals surface area contributed by atoms with Crippen LogP contribution in [0.1, 0.15) is 50.4 Å². The summed E-state index contributed by atoms with van der Waals surface area (Å²) in [6, 6.07) is 20.5. The number of hydrogen-bond acceptors (Lipinski definition) is 6. The van der Waals surface area contributed by atoms with E-state index in [1.165, 1.54) is 5.56 Å². The van der Waals surface area contributed by atoms with Gasteiger partial charge in [-0.05, 0) is 50.3 Å². The molecule has 0 saturated carbocycles. The maximum absolute atomic E-state index is 12.7. The number of nitrogens with zero attached hydrogens (tertiary/aromatic N) is 4. The van der Waals surface area contributed by atoms with E-state index in [4.69, 9.17) is 4.74 Å². The average molecular weight is 507 g/mol. The normalized spacial score (nSPS) is 15.6. The van der Waals surface area contributed by atoms with Gasteiger partial charge < -0.3 is 9.64 Å². The molecule has 4 rings (SSSR count). The standard InChI is InChI=1S/C28H34N4O3S/c1-2-35-27(34)23-14-11-18-31(21-23)26(33)17-9-10-19-36-28-30-29-25(20-22-12-5-3-6-13-22)32(28)24-15-7-4-8-16-24/h3-8,12-13,15-16,23H,2,9-11,14,17-21H2,1H3. The SMILES string of the molecule is CCOC(=O)C1CCCN(C(=O)CCCCSc2nnc(Cc3ccccc3)n2-c2ccccc2)C1. The number of carbonyl (C=O) groups excluding carboxylic acids is 2. The molecule has 2 aromatic carbocycles. The van der Waals surface area contributed by atoms with Gasteiger partial charge in [-0.3, -0.25) is 14.2 Å². The first-order chi connectivity index (χ1) is 17.7. The summed E-state index contributed by atoms with van der Waals surface area (Å²) in [5.74, 6) is 1.53. The largest absolute Gasteiger partial charge is 0.466 e. The van der Waals surface area contributed by atoms with E-state index in [2.05, 4.69) is 39.0 Å². The Morgan fingerprint density at radius 2 is 1.78 bits per heavy atom. The molecule has 1 amide bonds. The average Bonchev–Trinajstić information content (AvgIpc) is 3.31. The molecule has 1 unspecified atom stereocenters. The molecular weight excluding hydrogens is 472 g/mol. The van der Waals surface area contributed by atoms with Crippen LogP contribution in [-0.2, 0) is 20.7 Å². The van der Waals surface area contributed by atoms with Gasteiger partial charge in [0.05, 0.1) is 12.5 Å². The molecule has 0 aliphatic carbocycles. The second-order valence-corrected chi connectivity index (χ2v) is 10.0. The molecule has 2 heterocycles. The minimum atomic E-state index is -0.187. The Hall–Kier alpha value is -3.13. The van der Waals surface area contributed by atoms with Crippen molar-refractivity contribution in [3.63, 3.8) is 0 Å². The Morgan fingerprint density at radius 1 is 1.03 bits per heavy atom. The summed E-state index contributed by atoms with van der Waals surface area (Å²) in [6.07, 6.45) is 4.57. The van der Waals surface area contributed by atoms with Crippen LogP contribution >= 0.6 is 11.8 Å². The number of para-hydroxylation sites is 1. The topological polar surface area (TPSA) is 77.3 Å². The highest BCUT2D eigenvalue weighted by Crippen LogP contribution is 2.25. The number of ether oxygens (including phenoxy) is 1. The summed E-state index contributed by atoms with van der Waals surface area (Å²) < 4.78 is 7.28. The van der Waals surface area contributed by atoms with Crippen molar-refractivity contribution in [1.29, 1.82) is 0 Å². The van der Waals surface area contributed by atoms with Crippen molar-refractivity contribution in [2.45, 2.75) is 50.6 Å². The van der Waals surface area contributed by atoms with Crippen LogP contribution < -0.4 is 0 Å². The lowest BCUT2D eigenvalue weighted by Gasteiger charge is -2.31. The van der Waals surface area contributed by atoms with Crippen LogP contribution in [0.15, 0.2) is 65.8 Å². The molecule has 1 aliphatic heterocycles. The highest BCUT2D eigenvalue weighted by molar-refractivity contribution is 7.99. The Balaban J connectivity index is 1.29. The molecule has 1 saturated heterocycles. The van der Waals surface area contributed by atoms with E-state index in [9.17, 15) is 9.59 Å². The molecule has 1 aromatic heterocycles. The zero-order chi connectivity index (χ0) is 25.2. The molecular formula is C28H34N4O3S. The van der Waals surface area contributed by atoms with Crippen molar-refractivity contribution in [1.82, 2.24) is 19.7 Å². The molecule has 1 atom stereocenters. The predicted molar refractivity (Wildman–Crippen MR) is 141 cm³/mol. The third kappa shape index (κ3) is 6.97. The van der Waals surface area contributed by atoms with Crippen molar-refractivity contribution in [2.24, 2.45) is 5.92 Å². The molecule has 190 valence electrons. The summed E-state index contributed by atoms with van der Waals surface area (Å²) >= 11 is 1.67. The molecule has 1 aliphatic rings. The van der Waals surface area contributed by atoms with Crippen LogP contribution in [0.5, 0.6) is 0 Å². The Morgan fingerprint density at radius 3 is 2.53 bits per heavy atom. The minimum absolute atomic E-state index is 0.131. The van der Waals surface area contributed by atoms with Crippen molar-refractivity contribution >= 4 is 23.6 Å². The highest BCUT2D eigenvalue weighted by atomic mass is 32.2. The lowest BCUT2D eigenvalue weighted by Crippen LogP contribution is -2.42. The fraction of sp³-hybridized carbons (Fsp3) is 0.429. The van der Waals surface area contributed by atoms with Gasteiger partial charge >= 0.3 is 5.97 Å². The van der Waals surface area contributed by atoms with E-state index in [1.807, 2.05) is 48.2 Å². The molecule has 0 bridgehead atoms. The maximum atomic E-state index is 12.7. The molecule has 0 N–H and O–H groups in total. The van der Waals surface area contributed by atoms with Gasteiger partial charge in [0, 0.05) is 37.4 Å². The molecule has 1 fully saturated rings. The van der Waals surface area contributed by atoms with E-state index in [0.29, 0.717) is 26.0 Å². The third-order valence-corrected chi connectivity index (χ3v) is 7.35. The van der Waals surface area contributed by atoms with Crippen LogP contribution in [0, 0.1) is 5.92 Å². The number of aromatic nitrogens is 3. The smallest absolute Gasteiger partial charge is 0.310 e. The van der Waals surface area contributed by atoms with Crippen molar-refractivity contribution in [3.8, 4) is 5.69 Å². The van der Waals surface area contributed by atoms with Gasteiger partial charge in [-0.15, -0.1) is 10.2 Å². The number of piperidine rings is 1. The summed E-state index contributed by atoms with van der Waals surface area (Å²) in [6.45, 7) is 3.41. The Bertz CT molecular complexity index is 1120. The van der Waals surface area contributed by atoms with Crippen LogP contribution in [0.4, 0.5) is 0 Å². The molecule has 8 heteroatoms. The number of carbonyl (C=O) groups is 2. The molecule has 0 spiro atoms. The number of thioether (sulfide) groups is 1. The quantitative estimate of drug-likeness (QED) is 0.209. The fourth-order valence-corrected chi connectivity index (χ4v) is 5.45. The van der Waals surface area contributed by atoms with Gasteiger partial charge in [0.1, 0.15) is 5.82 Å². The van der Waals surface area contributed by atoms with E-state index in [1.54, 1.807) is 11.8 Å². The Labute approximate surface area is 217 Å². The lowest BCUT2D eigenvalue weighted by molar-refractivity contribution is -0.151. The number of benzene rings is 2. The highest BCUT2D eigenvalue weighted by Gasteiger charge is 2.29. The van der Waals surface area contributed by atoms with Crippen molar-refractivity contribution < 1.29 is 14.3 Å². The minimum Gasteiger partial charge on any atom is -0.466 e. The molecule has 3 aromatic rings. The van der Waals surface area contributed by atoms with Gasteiger partial charge in [0.15, 0.2) is 5.16 Å². The third-order valence-electron chi connectivity index (χ3n) is 6.33. The van der Waals surface area contributed by atoms with Crippen molar-refractivity contribution in [2.75, 3.05) is 25.4 Å². The van der Waals surface area contributed by atoms with Gasteiger partial charge in [-0.1, -0.05) is 60.3 Å². The summed E-state index contributed by atoms with van der Waals surface area (Å²) in [4.78, 5) is 26.6. The summed E-state index contributed by atoms with van der Waals surface area (Å²) in [7, 11) is 0. The van der Waals surface area contributed by atoms with E-state index in [-0.39, 0.29) is 17.8 Å². The number of amides is 1. The van der Waals surface area contributed by atoms with Crippen LogP contribution in [0.2, 0.25) is 0 Å². The number of unbranched alkanes of at least 4 members (excludes halogenated alkanes) is 1.